The van der Waals surface area contributed by atoms with Crippen molar-refractivity contribution in [3.8, 4) is 0 Å². The zero-order valence-corrected chi connectivity index (χ0v) is 17.8. The fourth-order valence-electron chi connectivity index (χ4n) is 4.97. The highest BCUT2D eigenvalue weighted by Crippen LogP contribution is 2.37. The number of benzene rings is 3. The molecule has 1 heterocycles. The summed E-state index contributed by atoms with van der Waals surface area (Å²) in [6.45, 7) is 4.30. The Hall–Kier alpha value is -2.20. The van der Waals surface area contributed by atoms with E-state index in [1.165, 1.54) is 28.3 Å². The van der Waals surface area contributed by atoms with Crippen molar-refractivity contribution >= 4 is 11.6 Å². The predicted octanol–water partition coefficient (Wildman–Crippen LogP) is 5.48. The molecule has 0 N–H and O–H groups in total. The maximum Gasteiger partial charge on any atom is 0.129 e. The van der Waals surface area contributed by atoms with Gasteiger partial charge in [-0.05, 0) is 47.2 Å². The smallest absolute Gasteiger partial charge is 0.129 e. The van der Waals surface area contributed by atoms with Crippen molar-refractivity contribution in [3.63, 3.8) is 0 Å². The molecule has 2 nitrogen and oxygen atoms in total. The van der Waals surface area contributed by atoms with Crippen LogP contribution >= 0.6 is 11.6 Å². The zero-order valence-electron chi connectivity index (χ0n) is 17.0. The van der Waals surface area contributed by atoms with Gasteiger partial charge in [0.25, 0.3) is 0 Å². The number of hydrogen-bond donors (Lipinski definition) is 0. The van der Waals surface area contributed by atoms with Crippen LogP contribution in [-0.2, 0) is 19.4 Å². The van der Waals surface area contributed by atoms with Gasteiger partial charge in [-0.2, -0.15) is 0 Å². The summed E-state index contributed by atoms with van der Waals surface area (Å²) in [4.78, 5) is 4.91. The first-order chi connectivity index (χ1) is 14.7. The van der Waals surface area contributed by atoms with Crippen molar-refractivity contribution in [1.82, 2.24) is 9.80 Å². The van der Waals surface area contributed by atoms with Gasteiger partial charge in [-0.1, -0.05) is 66.2 Å². The third kappa shape index (κ3) is 3.78. The summed E-state index contributed by atoms with van der Waals surface area (Å²) in [5, 5.41) is 0.518. The van der Waals surface area contributed by atoms with Crippen molar-refractivity contribution < 1.29 is 4.39 Å². The lowest BCUT2D eigenvalue weighted by atomic mass is 9.92. The molecule has 1 saturated heterocycles. The van der Waals surface area contributed by atoms with Gasteiger partial charge in [-0.15, -0.1) is 0 Å². The minimum absolute atomic E-state index is 0.212. The second-order valence-electron chi connectivity index (χ2n) is 8.31. The lowest BCUT2D eigenvalue weighted by Crippen LogP contribution is -2.47. The molecule has 3 aromatic rings. The monoisotopic (exact) mass is 420 g/mol. The molecule has 30 heavy (non-hydrogen) atoms. The second-order valence-corrected chi connectivity index (χ2v) is 8.72. The first-order valence-electron chi connectivity index (χ1n) is 10.8. The molecule has 0 spiro atoms. The van der Waals surface area contributed by atoms with Gasteiger partial charge in [-0.25, -0.2) is 4.39 Å². The van der Waals surface area contributed by atoms with Gasteiger partial charge in [0.1, 0.15) is 5.82 Å². The summed E-state index contributed by atoms with van der Waals surface area (Å²) in [7, 11) is 0. The van der Waals surface area contributed by atoms with Crippen LogP contribution in [0.3, 0.4) is 0 Å². The van der Waals surface area contributed by atoms with E-state index in [-0.39, 0.29) is 5.82 Å². The second kappa shape index (κ2) is 8.50. The van der Waals surface area contributed by atoms with E-state index < -0.39 is 0 Å². The summed E-state index contributed by atoms with van der Waals surface area (Å²) >= 11 is 6.25. The van der Waals surface area contributed by atoms with Crippen LogP contribution in [0.15, 0.2) is 66.7 Å². The van der Waals surface area contributed by atoms with E-state index in [1.807, 2.05) is 0 Å². The van der Waals surface area contributed by atoms with Crippen LogP contribution in [0.1, 0.15) is 33.9 Å². The van der Waals surface area contributed by atoms with Crippen LogP contribution in [0.4, 0.5) is 4.39 Å². The van der Waals surface area contributed by atoms with Crippen LogP contribution < -0.4 is 0 Å². The number of rotatable bonds is 3. The highest BCUT2D eigenvalue weighted by Gasteiger charge is 2.31. The molecular formula is C26H26ClFN2. The van der Waals surface area contributed by atoms with E-state index in [0.29, 0.717) is 23.2 Å². The van der Waals surface area contributed by atoms with Crippen LogP contribution in [-0.4, -0.2) is 36.0 Å². The SMILES string of the molecule is Fc1cccc(Cl)c1CN1CCN(C2c3ccccc3CCc3ccccc32)CC1. The molecule has 0 aromatic heterocycles. The summed E-state index contributed by atoms with van der Waals surface area (Å²) in [6, 6.07) is 23.0. The quantitative estimate of drug-likeness (QED) is 0.553. The molecule has 1 aliphatic carbocycles. The summed E-state index contributed by atoms with van der Waals surface area (Å²) in [5.74, 6) is -0.212. The standard InChI is InChI=1S/C26H26ClFN2/c27-24-10-5-11-25(28)23(24)18-29-14-16-30(17-15-29)26-21-8-3-1-6-19(21)12-13-20-7-2-4-9-22(20)26/h1-11,26H,12-18H2. The average Bonchev–Trinajstić information content (AvgIpc) is 2.94. The molecule has 3 aromatic carbocycles. The van der Waals surface area contributed by atoms with Gasteiger partial charge in [0, 0.05) is 43.3 Å². The number of fused-ring (bicyclic) bond motifs is 2. The van der Waals surface area contributed by atoms with E-state index >= 15 is 0 Å². The molecule has 0 unspecified atom stereocenters. The van der Waals surface area contributed by atoms with E-state index in [0.717, 1.165) is 39.0 Å². The molecule has 1 fully saturated rings. The van der Waals surface area contributed by atoms with Gasteiger partial charge in [-0.3, -0.25) is 9.80 Å². The van der Waals surface area contributed by atoms with Crippen LogP contribution in [0.2, 0.25) is 5.02 Å². The largest absolute Gasteiger partial charge is 0.296 e. The maximum absolute atomic E-state index is 14.2. The lowest BCUT2D eigenvalue weighted by molar-refractivity contribution is 0.104. The highest BCUT2D eigenvalue weighted by molar-refractivity contribution is 6.31. The molecule has 0 saturated carbocycles. The summed E-state index contributed by atoms with van der Waals surface area (Å²) in [6.07, 6.45) is 2.19. The minimum atomic E-state index is -0.212. The van der Waals surface area contributed by atoms with Crippen molar-refractivity contribution in [2.24, 2.45) is 0 Å². The van der Waals surface area contributed by atoms with Gasteiger partial charge in [0.15, 0.2) is 0 Å². The van der Waals surface area contributed by atoms with Crippen molar-refractivity contribution in [2.75, 3.05) is 26.2 Å². The van der Waals surface area contributed by atoms with Crippen molar-refractivity contribution in [2.45, 2.75) is 25.4 Å². The molecule has 0 atom stereocenters. The highest BCUT2D eigenvalue weighted by atomic mass is 35.5. The molecule has 1 aliphatic heterocycles. The van der Waals surface area contributed by atoms with Crippen molar-refractivity contribution in [1.29, 1.82) is 0 Å². The van der Waals surface area contributed by atoms with Crippen LogP contribution in [0.25, 0.3) is 0 Å². The first-order valence-corrected chi connectivity index (χ1v) is 11.1. The normalized spacial score (nSPS) is 17.9. The Morgan fingerprint density at radius 2 is 1.37 bits per heavy atom. The Bertz CT molecular complexity index is 975. The number of halogens is 2. The van der Waals surface area contributed by atoms with E-state index in [9.17, 15) is 4.39 Å². The third-order valence-electron chi connectivity index (χ3n) is 6.58. The molecule has 4 heteroatoms. The minimum Gasteiger partial charge on any atom is -0.296 e. The van der Waals surface area contributed by atoms with Crippen molar-refractivity contribution in [3.05, 3.63) is 105 Å². The third-order valence-corrected chi connectivity index (χ3v) is 6.93. The number of piperazine rings is 1. The van der Waals surface area contributed by atoms with E-state index in [1.54, 1.807) is 12.1 Å². The van der Waals surface area contributed by atoms with Crippen LogP contribution in [0, 0.1) is 5.82 Å². The number of aryl methyl sites for hydroxylation is 2. The number of nitrogens with zero attached hydrogens (tertiary/aromatic N) is 2. The lowest BCUT2D eigenvalue weighted by Gasteiger charge is -2.40. The Kier molecular flexibility index (Phi) is 5.60. The molecule has 0 amide bonds. The Morgan fingerprint density at radius 3 is 1.97 bits per heavy atom. The average molecular weight is 421 g/mol. The Balaban J connectivity index is 1.39. The van der Waals surface area contributed by atoms with E-state index in [2.05, 4.69) is 58.3 Å². The maximum atomic E-state index is 14.2. The number of hydrogen-bond acceptors (Lipinski definition) is 2. The van der Waals surface area contributed by atoms with Gasteiger partial charge >= 0.3 is 0 Å². The van der Waals surface area contributed by atoms with E-state index in [4.69, 9.17) is 11.6 Å². The Morgan fingerprint density at radius 1 is 0.767 bits per heavy atom. The predicted molar refractivity (Wildman–Crippen MR) is 120 cm³/mol. The topological polar surface area (TPSA) is 6.48 Å². The van der Waals surface area contributed by atoms with Gasteiger partial charge in [0.2, 0.25) is 0 Å². The fraction of sp³-hybridized carbons (Fsp3) is 0.308. The Labute approximate surface area is 182 Å². The summed E-state index contributed by atoms with van der Waals surface area (Å²) < 4.78 is 14.2. The molecule has 154 valence electrons. The molecular weight excluding hydrogens is 395 g/mol. The first kappa shape index (κ1) is 19.7. The van der Waals surface area contributed by atoms with Crippen LogP contribution in [0.5, 0.6) is 0 Å². The fourth-order valence-corrected chi connectivity index (χ4v) is 5.20. The van der Waals surface area contributed by atoms with Gasteiger partial charge in [0.05, 0.1) is 6.04 Å². The molecule has 2 aliphatic rings. The molecule has 0 bridgehead atoms. The molecule has 0 radical (unpaired) electrons. The zero-order chi connectivity index (χ0) is 20.5. The summed E-state index contributed by atoms with van der Waals surface area (Å²) in [5.41, 5.74) is 6.40. The molecule has 5 rings (SSSR count). The van der Waals surface area contributed by atoms with Gasteiger partial charge < -0.3 is 0 Å².